The number of carbonyl (C=O) groups excluding carboxylic acids is 1. The molecule has 2 saturated heterocycles. The Labute approximate surface area is 159 Å². The summed E-state index contributed by atoms with van der Waals surface area (Å²) in [5.74, 6) is 1.33. The Hall–Kier alpha value is -2.60. The van der Waals surface area contributed by atoms with E-state index < -0.39 is 0 Å². The third-order valence-electron chi connectivity index (χ3n) is 5.07. The minimum Gasteiger partial charge on any atom is -0.484 e. The number of benzene rings is 1. The number of rotatable bonds is 5. The van der Waals surface area contributed by atoms with E-state index in [1.807, 2.05) is 49.4 Å². The lowest BCUT2D eigenvalue weighted by Gasteiger charge is -2.52. The topological polar surface area (TPSA) is 60.9 Å². The molecule has 2 aliphatic rings. The first-order chi connectivity index (χ1) is 13.1. The Morgan fingerprint density at radius 2 is 2.07 bits per heavy atom. The molecule has 6 nitrogen and oxygen atoms in total. The third-order valence-corrected chi connectivity index (χ3v) is 5.07. The highest BCUT2D eigenvalue weighted by Crippen LogP contribution is 2.35. The summed E-state index contributed by atoms with van der Waals surface area (Å²) in [6, 6.07) is 13.3. The van der Waals surface area contributed by atoms with Crippen LogP contribution in [-0.2, 0) is 9.53 Å². The number of amides is 1. The van der Waals surface area contributed by atoms with E-state index in [0.717, 1.165) is 18.4 Å². The maximum absolute atomic E-state index is 12.4. The molecule has 1 aromatic heterocycles. The fourth-order valence-corrected chi connectivity index (χ4v) is 3.59. The predicted octanol–water partition coefficient (Wildman–Crippen LogP) is 2.61. The number of pyridine rings is 1. The fourth-order valence-electron chi connectivity index (χ4n) is 3.59. The molecule has 2 fully saturated rings. The van der Waals surface area contributed by atoms with Crippen LogP contribution in [0.3, 0.4) is 0 Å². The molecule has 2 aliphatic heterocycles. The monoisotopic (exact) mass is 368 g/mol. The van der Waals surface area contributed by atoms with E-state index in [2.05, 4.69) is 4.98 Å². The van der Waals surface area contributed by atoms with Crippen LogP contribution in [0.25, 0.3) is 0 Å². The van der Waals surface area contributed by atoms with E-state index in [1.54, 1.807) is 11.1 Å². The highest BCUT2D eigenvalue weighted by atomic mass is 16.5. The van der Waals surface area contributed by atoms with Crippen molar-refractivity contribution in [1.82, 2.24) is 9.88 Å². The minimum absolute atomic E-state index is 0.0161. The molecule has 4 rings (SSSR count). The number of ether oxygens (including phenoxy) is 3. The second-order valence-electron chi connectivity index (χ2n) is 7.28. The van der Waals surface area contributed by atoms with Crippen LogP contribution in [0.15, 0.2) is 48.7 Å². The first kappa shape index (κ1) is 17.8. The van der Waals surface area contributed by atoms with E-state index in [0.29, 0.717) is 31.3 Å². The van der Waals surface area contributed by atoms with Gasteiger partial charge in [-0.05, 0) is 25.1 Å². The zero-order chi connectivity index (χ0) is 18.7. The maximum Gasteiger partial charge on any atom is 0.260 e. The van der Waals surface area contributed by atoms with E-state index in [-0.39, 0.29) is 24.2 Å². The summed E-state index contributed by atoms with van der Waals surface area (Å²) in [5, 5.41) is 0. The standard InChI is InChI=1S/C21H24N2O4/c1-16-5-7-17(8-6-16)25-13-20(24)23-14-21(15-23)12-18(9-11-26-21)27-19-4-2-3-10-22-19/h2-8,10,18H,9,11-15H2,1H3/t18-/m0/s1. The molecule has 2 aromatic rings. The van der Waals surface area contributed by atoms with Gasteiger partial charge in [-0.1, -0.05) is 23.8 Å². The molecule has 0 N–H and O–H groups in total. The summed E-state index contributed by atoms with van der Waals surface area (Å²) in [4.78, 5) is 18.4. The van der Waals surface area contributed by atoms with Crippen LogP contribution < -0.4 is 9.47 Å². The first-order valence-electron chi connectivity index (χ1n) is 9.31. The van der Waals surface area contributed by atoms with Gasteiger partial charge in [-0.3, -0.25) is 4.79 Å². The summed E-state index contributed by atoms with van der Waals surface area (Å²) < 4.78 is 17.6. The van der Waals surface area contributed by atoms with Crippen LogP contribution in [0.4, 0.5) is 0 Å². The molecule has 0 radical (unpaired) electrons. The Kier molecular flexibility index (Phi) is 4.99. The van der Waals surface area contributed by atoms with Crippen LogP contribution in [0.2, 0.25) is 0 Å². The largest absolute Gasteiger partial charge is 0.484 e. The lowest BCUT2D eigenvalue weighted by atomic mass is 9.84. The SMILES string of the molecule is Cc1ccc(OCC(=O)N2CC3(C[C@@H](Oc4ccccn4)CCO3)C2)cc1. The average molecular weight is 368 g/mol. The van der Waals surface area contributed by atoms with Gasteiger partial charge in [0.25, 0.3) is 5.91 Å². The van der Waals surface area contributed by atoms with Gasteiger partial charge in [0.05, 0.1) is 19.7 Å². The van der Waals surface area contributed by atoms with E-state index in [9.17, 15) is 4.79 Å². The molecule has 1 amide bonds. The average Bonchev–Trinajstić information content (AvgIpc) is 2.66. The highest BCUT2D eigenvalue weighted by molar-refractivity contribution is 5.79. The van der Waals surface area contributed by atoms with Crippen molar-refractivity contribution in [2.75, 3.05) is 26.3 Å². The van der Waals surface area contributed by atoms with Gasteiger partial charge < -0.3 is 19.1 Å². The van der Waals surface area contributed by atoms with E-state index in [4.69, 9.17) is 14.2 Å². The summed E-state index contributed by atoms with van der Waals surface area (Å²) in [5.41, 5.74) is 0.868. The van der Waals surface area contributed by atoms with Gasteiger partial charge in [0, 0.05) is 25.1 Å². The molecule has 0 unspecified atom stereocenters. The van der Waals surface area contributed by atoms with Gasteiger partial charge in [0.2, 0.25) is 5.88 Å². The number of likely N-dealkylation sites (tertiary alicyclic amines) is 1. The summed E-state index contributed by atoms with van der Waals surface area (Å²) in [6.45, 7) is 3.88. The Bertz CT molecular complexity index is 773. The van der Waals surface area contributed by atoms with Crippen LogP contribution in [0.1, 0.15) is 18.4 Å². The van der Waals surface area contributed by atoms with Crippen molar-refractivity contribution < 1.29 is 19.0 Å². The molecule has 27 heavy (non-hydrogen) atoms. The minimum atomic E-state index is -0.294. The summed E-state index contributed by atoms with van der Waals surface area (Å²) in [6.07, 6.45) is 3.40. The molecule has 0 saturated carbocycles. The summed E-state index contributed by atoms with van der Waals surface area (Å²) in [7, 11) is 0. The molecular weight excluding hydrogens is 344 g/mol. The zero-order valence-corrected chi connectivity index (χ0v) is 15.5. The van der Waals surface area contributed by atoms with Gasteiger partial charge in [-0.15, -0.1) is 0 Å². The maximum atomic E-state index is 12.4. The second-order valence-corrected chi connectivity index (χ2v) is 7.28. The Balaban J connectivity index is 1.26. The Morgan fingerprint density at radius 3 is 2.81 bits per heavy atom. The van der Waals surface area contributed by atoms with Crippen molar-refractivity contribution in [1.29, 1.82) is 0 Å². The van der Waals surface area contributed by atoms with Crippen molar-refractivity contribution >= 4 is 5.91 Å². The normalized spacial score (nSPS) is 20.8. The number of aryl methyl sites for hydroxylation is 1. The molecule has 6 heteroatoms. The van der Waals surface area contributed by atoms with Crippen molar-refractivity contribution in [2.24, 2.45) is 0 Å². The van der Waals surface area contributed by atoms with Gasteiger partial charge >= 0.3 is 0 Å². The molecule has 0 aliphatic carbocycles. The predicted molar refractivity (Wildman–Crippen MR) is 99.8 cm³/mol. The number of hydrogen-bond donors (Lipinski definition) is 0. The fraction of sp³-hybridized carbons (Fsp3) is 0.429. The number of carbonyl (C=O) groups is 1. The number of nitrogens with zero attached hydrogens (tertiary/aromatic N) is 2. The molecule has 1 spiro atoms. The van der Waals surface area contributed by atoms with Gasteiger partial charge in [0.1, 0.15) is 17.5 Å². The second kappa shape index (κ2) is 7.56. The van der Waals surface area contributed by atoms with E-state index in [1.165, 1.54) is 0 Å². The lowest BCUT2D eigenvalue weighted by molar-refractivity contribution is -0.194. The molecule has 0 bridgehead atoms. The number of aromatic nitrogens is 1. The third kappa shape index (κ3) is 4.22. The van der Waals surface area contributed by atoms with Crippen molar-refractivity contribution in [3.63, 3.8) is 0 Å². The van der Waals surface area contributed by atoms with Gasteiger partial charge in [-0.25, -0.2) is 4.98 Å². The van der Waals surface area contributed by atoms with Crippen molar-refractivity contribution in [3.05, 3.63) is 54.2 Å². The molecular formula is C21H24N2O4. The zero-order valence-electron chi connectivity index (χ0n) is 15.5. The highest BCUT2D eigenvalue weighted by Gasteiger charge is 2.49. The van der Waals surface area contributed by atoms with E-state index >= 15 is 0 Å². The van der Waals surface area contributed by atoms with Crippen LogP contribution in [0, 0.1) is 6.92 Å². The van der Waals surface area contributed by atoms with Crippen molar-refractivity contribution in [2.45, 2.75) is 31.5 Å². The van der Waals surface area contributed by atoms with Crippen LogP contribution in [-0.4, -0.2) is 53.8 Å². The molecule has 1 atom stereocenters. The van der Waals surface area contributed by atoms with Crippen LogP contribution >= 0.6 is 0 Å². The van der Waals surface area contributed by atoms with Gasteiger partial charge in [0.15, 0.2) is 6.61 Å². The number of hydrogen-bond acceptors (Lipinski definition) is 5. The molecule has 1 aromatic carbocycles. The van der Waals surface area contributed by atoms with Crippen molar-refractivity contribution in [3.8, 4) is 11.6 Å². The smallest absolute Gasteiger partial charge is 0.260 e. The quantitative estimate of drug-likeness (QED) is 0.812. The Morgan fingerprint density at radius 1 is 1.26 bits per heavy atom. The summed E-state index contributed by atoms with van der Waals surface area (Å²) >= 11 is 0. The molecule has 142 valence electrons. The first-order valence-corrected chi connectivity index (χ1v) is 9.31. The lowest BCUT2D eigenvalue weighted by Crippen LogP contribution is -2.68. The van der Waals surface area contributed by atoms with Gasteiger partial charge in [-0.2, -0.15) is 0 Å². The van der Waals surface area contributed by atoms with Crippen LogP contribution in [0.5, 0.6) is 11.6 Å². The molecule has 3 heterocycles.